The average molecular weight is 408 g/mol. The molecular weight excluding hydrogens is 390 g/mol. The molecule has 0 heterocycles. The third-order valence-corrected chi connectivity index (χ3v) is 4.92. The van der Waals surface area contributed by atoms with Gasteiger partial charge in [-0.05, 0) is 34.5 Å². The molecule has 0 fully saturated rings. The molecule has 1 aromatic rings. The summed E-state index contributed by atoms with van der Waals surface area (Å²) in [7, 11) is -4.14. The normalized spacial score (nSPS) is 12.8. The Morgan fingerprint density at radius 1 is 1.33 bits per heavy atom. The highest BCUT2D eigenvalue weighted by Crippen LogP contribution is 2.23. The summed E-state index contributed by atoms with van der Waals surface area (Å²) >= 11 is 2.80. The van der Waals surface area contributed by atoms with Gasteiger partial charge in [-0.15, -0.1) is 12.4 Å². The minimum atomic E-state index is -4.14. The number of hydrogen-bond donors (Lipinski definition) is 2. The van der Waals surface area contributed by atoms with Crippen molar-refractivity contribution >= 4 is 38.4 Å². The summed E-state index contributed by atoms with van der Waals surface area (Å²) in [6.45, 7) is 2.06. The van der Waals surface area contributed by atoms with Crippen LogP contribution in [0.2, 0.25) is 0 Å². The summed E-state index contributed by atoms with van der Waals surface area (Å²) in [4.78, 5) is -0.715. The highest BCUT2D eigenvalue weighted by molar-refractivity contribution is 9.10. The first-order valence-corrected chi connectivity index (χ1v) is 8.46. The molecule has 1 aromatic carbocycles. The molecular formula is C12H18BrClF2N2O2S. The van der Waals surface area contributed by atoms with Crippen LogP contribution in [0.25, 0.3) is 0 Å². The monoisotopic (exact) mass is 406 g/mol. The third-order valence-electron chi connectivity index (χ3n) is 2.78. The van der Waals surface area contributed by atoms with E-state index in [4.69, 9.17) is 5.73 Å². The van der Waals surface area contributed by atoms with Gasteiger partial charge in [0, 0.05) is 12.6 Å². The molecule has 0 aliphatic rings. The highest BCUT2D eigenvalue weighted by Gasteiger charge is 2.24. The summed E-state index contributed by atoms with van der Waals surface area (Å²) in [5, 5.41) is 0. The maximum Gasteiger partial charge on any atom is 0.243 e. The molecule has 1 rings (SSSR count). The zero-order valence-electron chi connectivity index (χ0n) is 11.4. The fourth-order valence-corrected chi connectivity index (χ4v) is 3.34. The Hall–Kier alpha value is -0.280. The maximum atomic E-state index is 13.7. The highest BCUT2D eigenvalue weighted by atomic mass is 79.9. The lowest BCUT2D eigenvalue weighted by Crippen LogP contribution is -2.40. The van der Waals surface area contributed by atoms with Crippen LogP contribution >= 0.6 is 28.3 Å². The maximum absolute atomic E-state index is 13.7. The standard InChI is InChI=1S/C12H17BrF2N2O2S.ClH/c1-2-3-4-8(7-16)17-20(18,19)12-6-10(14)9(13)5-11(12)15;/h5-6,8,17H,2-4,7,16H2,1H3;1H. The number of nitrogens with one attached hydrogen (secondary N) is 1. The van der Waals surface area contributed by atoms with Crippen molar-refractivity contribution in [3.8, 4) is 0 Å². The van der Waals surface area contributed by atoms with Crippen LogP contribution in [-0.4, -0.2) is 21.0 Å². The van der Waals surface area contributed by atoms with Gasteiger partial charge in [0.1, 0.15) is 16.5 Å². The van der Waals surface area contributed by atoms with Crippen LogP contribution in [0.15, 0.2) is 21.5 Å². The number of rotatable bonds is 7. The van der Waals surface area contributed by atoms with E-state index >= 15 is 0 Å². The molecule has 21 heavy (non-hydrogen) atoms. The SMILES string of the molecule is CCCCC(CN)NS(=O)(=O)c1cc(F)c(Br)cc1F.Cl. The lowest BCUT2D eigenvalue weighted by Gasteiger charge is -2.17. The average Bonchev–Trinajstić information content (AvgIpc) is 2.38. The smallest absolute Gasteiger partial charge is 0.243 e. The van der Waals surface area contributed by atoms with Crippen molar-refractivity contribution in [3.05, 3.63) is 28.2 Å². The van der Waals surface area contributed by atoms with Crippen molar-refractivity contribution in [3.63, 3.8) is 0 Å². The first kappa shape index (κ1) is 20.7. The molecule has 0 aromatic heterocycles. The molecule has 3 N–H and O–H groups in total. The van der Waals surface area contributed by atoms with Crippen LogP contribution in [0.4, 0.5) is 8.78 Å². The predicted octanol–water partition coefficient (Wildman–Crippen LogP) is 2.94. The molecule has 1 atom stereocenters. The van der Waals surface area contributed by atoms with Crippen molar-refractivity contribution in [2.75, 3.05) is 6.54 Å². The minimum absolute atomic E-state index is 0. The lowest BCUT2D eigenvalue weighted by atomic mass is 10.1. The van der Waals surface area contributed by atoms with Crippen LogP contribution in [0.5, 0.6) is 0 Å². The van der Waals surface area contributed by atoms with Gasteiger partial charge in [-0.25, -0.2) is 21.9 Å². The summed E-state index contributed by atoms with van der Waals surface area (Å²) < 4.78 is 53.4. The molecule has 1 unspecified atom stereocenters. The van der Waals surface area contributed by atoms with E-state index in [1.54, 1.807) is 0 Å². The summed E-state index contributed by atoms with van der Waals surface area (Å²) in [5.74, 6) is -1.86. The number of nitrogens with two attached hydrogens (primary N) is 1. The molecule has 4 nitrogen and oxygen atoms in total. The van der Waals surface area contributed by atoms with Gasteiger partial charge in [-0.3, -0.25) is 0 Å². The fourth-order valence-electron chi connectivity index (χ4n) is 1.67. The van der Waals surface area contributed by atoms with Gasteiger partial charge in [0.25, 0.3) is 0 Å². The summed E-state index contributed by atoms with van der Waals surface area (Å²) in [5.41, 5.74) is 5.49. The Labute approximate surface area is 138 Å². The Balaban J connectivity index is 0.00000400. The molecule has 0 radical (unpaired) electrons. The van der Waals surface area contributed by atoms with Crippen LogP contribution in [0.1, 0.15) is 26.2 Å². The van der Waals surface area contributed by atoms with E-state index in [9.17, 15) is 17.2 Å². The number of unbranched alkanes of at least 4 members (excludes halogenated alkanes) is 1. The predicted molar refractivity (Wildman–Crippen MR) is 84.0 cm³/mol. The van der Waals surface area contributed by atoms with E-state index in [1.807, 2.05) is 6.92 Å². The molecule has 0 aliphatic carbocycles. The first-order chi connectivity index (χ1) is 9.31. The Bertz CT molecular complexity index is 573. The van der Waals surface area contributed by atoms with Crippen molar-refractivity contribution in [1.29, 1.82) is 0 Å². The summed E-state index contributed by atoms with van der Waals surface area (Å²) in [6.07, 6.45) is 2.23. The van der Waals surface area contributed by atoms with E-state index in [2.05, 4.69) is 20.7 Å². The minimum Gasteiger partial charge on any atom is -0.329 e. The first-order valence-electron chi connectivity index (χ1n) is 6.18. The second kappa shape index (κ2) is 8.99. The largest absolute Gasteiger partial charge is 0.329 e. The van der Waals surface area contributed by atoms with E-state index in [0.717, 1.165) is 18.9 Å². The summed E-state index contributed by atoms with van der Waals surface area (Å²) in [6, 6.07) is 0.939. The Kier molecular flexibility index (Phi) is 8.87. The van der Waals surface area contributed by atoms with Crippen LogP contribution in [-0.2, 0) is 10.0 Å². The Morgan fingerprint density at radius 3 is 2.48 bits per heavy atom. The van der Waals surface area contributed by atoms with E-state index in [-0.39, 0.29) is 23.4 Å². The van der Waals surface area contributed by atoms with Crippen LogP contribution < -0.4 is 10.5 Å². The van der Waals surface area contributed by atoms with E-state index in [1.165, 1.54) is 0 Å². The number of sulfonamides is 1. The van der Waals surface area contributed by atoms with E-state index < -0.39 is 32.6 Å². The second-order valence-corrected chi connectivity index (χ2v) is 6.93. The Morgan fingerprint density at radius 2 is 1.95 bits per heavy atom. The van der Waals surface area contributed by atoms with Crippen LogP contribution in [0.3, 0.4) is 0 Å². The number of hydrogen-bond acceptors (Lipinski definition) is 3. The number of halogens is 4. The van der Waals surface area contributed by atoms with Gasteiger partial charge in [0.05, 0.1) is 4.47 Å². The zero-order valence-corrected chi connectivity index (χ0v) is 14.6. The molecule has 0 amide bonds. The van der Waals surface area contributed by atoms with Crippen molar-refractivity contribution in [1.82, 2.24) is 4.72 Å². The lowest BCUT2D eigenvalue weighted by molar-refractivity contribution is 0.506. The van der Waals surface area contributed by atoms with Gasteiger partial charge < -0.3 is 5.73 Å². The molecule has 0 spiro atoms. The van der Waals surface area contributed by atoms with Gasteiger partial charge >= 0.3 is 0 Å². The molecule has 0 saturated heterocycles. The number of benzene rings is 1. The van der Waals surface area contributed by atoms with Gasteiger partial charge in [0.2, 0.25) is 10.0 Å². The quantitative estimate of drug-likeness (QED) is 0.683. The molecule has 122 valence electrons. The third kappa shape index (κ3) is 5.78. The van der Waals surface area contributed by atoms with E-state index in [0.29, 0.717) is 12.5 Å². The van der Waals surface area contributed by atoms with Crippen molar-refractivity contribution in [2.24, 2.45) is 5.73 Å². The zero-order chi connectivity index (χ0) is 15.3. The molecule has 0 aliphatic heterocycles. The van der Waals surface area contributed by atoms with Gasteiger partial charge in [-0.2, -0.15) is 0 Å². The van der Waals surface area contributed by atoms with Crippen molar-refractivity contribution in [2.45, 2.75) is 37.1 Å². The molecule has 0 bridgehead atoms. The van der Waals surface area contributed by atoms with Gasteiger partial charge in [0.15, 0.2) is 0 Å². The second-order valence-electron chi connectivity index (χ2n) is 4.39. The van der Waals surface area contributed by atoms with Crippen molar-refractivity contribution < 1.29 is 17.2 Å². The fraction of sp³-hybridized carbons (Fsp3) is 0.500. The topological polar surface area (TPSA) is 72.2 Å². The van der Waals surface area contributed by atoms with Crippen LogP contribution in [0, 0.1) is 11.6 Å². The molecule has 0 saturated carbocycles. The molecule has 9 heteroatoms. The van der Waals surface area contributed by atoms with Gasteiger partial charge in [-0.1, -0.05) is 19.8 Å².